The lowest BCUT2D eigenvalue weighted by Crippen LogP contribution is -2.05. The van der Waals surface area contributed by atoms with Gasteiger partial charge in [-0.1, -0.05) is 6.07 Å². The van der Waals surface area contributed by atoms with E-state index < -0.39 is 0 Å². The van der Waals surface area contributed by atoms with E-state index in [1.165, 1.54) is 0 Å². The Bertz CT molecular complexity index is 723. The predicted molar refractivity (Wildman–Crippen MR) is 83.2 cm³/mol. The Kier molecular flexibility index (Phi) is 4.16. The van der Waals surface area contributed by atoms with Crippen molar-refractivity contribution in [1.82, 2.24) is 14.5 Å². The summed E-state index contributed by atoms with van der Waals surface area (Å²) in [6.45, 7) is 0. The summed E-state index contributed by atoms with van der Waals surface area (Å²) in [7, 11) is 3.31. The summed E-state index contributed by atoms with van der Waals surface area (Å²) in [5.74, 6) is 0.826. The van der Waals surface area contributed by atoms with Crippen LogP contribution in [0, 0.1) is 0 Å². The number of rotatable bonds is 5. The molecular formula is C17H17N3O2. The minimum Gasteiger partial charge on any atom is -0.497 e. The van der Waals surface area contributed by atoms with Gasteiger partial charge in [-0.05, 0) is 36.4 Å². The molecule has 0 N–H and O–H groups in total. The monoisotopic (exact) mass is 295 g/mol. The summed E-state index contributed by atoms with van der Waals surface area (Å²) < 4.78 is 12.7. The van der Waals surface area contributed by atoms with Gasteiger partial charge in [0.05, 0.1) is 24.8 Å². The largest absolute Gasteiger partial charge is 0.497 e. The van der Waals surface area contributed by atoms with E-state index in [-0.39, 0.29) is 6.10 Å². The lowest BCUT2D eigenvalue weighted by atomic mass is 10.2. The first-order valence-electron chi connectivity index (χ1n) is 6.94. The van der Waals surface area contributed by atoms with Gasteiger partial charge in [-0.25, -0.2) is 4.98 Å². The summed E-state index contributed by atoms with van der Waals surface area (Å²) >= 11 is 0. The molecule has 5 nitrogen and oxygen atoms in total. The fourth-order valence-corrected chi connectivity index (χ4v) is 2.29. The fourth-order valence-electron chi connectivity index (χ4n) is 2.29. The summed E-state index contributed by atoms with van der Waals surface area (Å²) in [5.41, 5.74) is 2.66. The highest BCUT2D eigenvalue weighted by Gasteiger charge is 2.17. The second kappa shape index (κ2) is 6.41. The van der Waals surface area contributed by atoms with Gasteiger partial charge in [0.25, 0.3) is 0 Å². The van der Waals surface area contributed by atoms with Crippen LogP contribution < -0.4 is 4.74 Å². The molecule has 1 aromatic carbocycles. The topological polar surface area (TPSA) is 49.2 Å². The average molecular weight is 295 g/mol. The van der Waals surface area contributed by atoms with Gasteiger partial charge in [-0.3, -0.25) is 4.98 Å². The molecule has 2 aromatic heterocycles. The molecule has 1 atom stereocenters. The predicted octanol–water partition coefficient (Wildman–Crippen LogP) is 3.01. The van der Waals surface area contributed by atoms with Crippen LogP contribution in [0.1, 0.15) is 17.5 Å². The summed E-state index contributed by atoms with van der Waals surface area (Å²) in [4.78, 5) is 8.79. The minimum absolute atomic E-state index is 0.277. The van der Waals surface area contributed by atoms with Crippen molar-refractivity contribution in [2.75, 3.05) is 14.2 Å². The van der Waals surface area contributed by atoms with Gasteiger partial charge in [0.2, 0.25) is 0 Å². The normalized spacial score (nSPS) is 12.1. The third kappa shape index (κ3) is 2.84. The molecule has 112 valence electrons. The molecule has 0 saturated carbocycles. The van der Waals surface area contributed by atoms with E-state index >= 15 is 0 Å². The Hall–Kier alpha value is -2.66. The lowest BCUT2D eigenvalue weighted by molar-refractivity contribution is 0.129. The maximum Gasteiger partial charge on any atom is 0.142 e. The first kappa shape index (κ1) is 14.3. The van der Waals surface area contributed by atoms with E-state index in [0.717, 1.165) is 22.8 Å². The molecule has 0 bridgehead atoms. The average Bonchev–Trinajstić information content (AvgIpc) is 3.06. The van der Waals surface area contributed by atoms with Crippen LogP contribution in [0.4, 0.5) is 0 Å². The minimum atomic E-state index is -0.277. The Morgan fingerprint density at radius 2 is 1.77 bits per heavy atom. The molecule has 0 spiro atoms. The number of pyridine rings is 1. The lowest BCUT2D eigenvalue weighted by Gasteiger charge is -2.11. The number of ether oxygens (including phenoxy) is 2. The van der Waals surface area contributed by atoms with Gasteiger partial charge in [0, 0.05) is 25.2 Å². The molecule has 0 saturated heterocycles. The van der Waals surface area contributed by atoms with Crippen LogP contribution in [0.3, 0.4) is 0 Å². The molecule has 5 heteroatoms. The third-order valence-corrected chi connectivity index (χ3v) is 3.43. The van der Waals surface area contributed by atoms with E-state index in [2.05, 4.69) is 9.97 Å². The molecule has 0 amide bonds. The van der Waals surface area contributed by atoms with Crippen LogP contribution >= 0.6 is 0 Å². The van der Waals surface area contributed by atoms with E-state index in [4.69, 9.17) is 9.47 Å². The zero-order valence-corrected chi connectivity index (χ0v) is 12.5. The summed E-state index contributed by atoms with van der Waals surface area (Å²) in [5, 5.41) is 0. The quantitative estimate of drug-likeness (QED) is 0.726. The zero-order valence-electron chi connectivity index (χ0n) is 12.5. The van der Waals surface area contributed by atoms with Crippen molar-refractivity contribution in [3.8, 4) is 11.4 Å². The van der Waals surface area contributed by atoms with Crippen LogP contribution in [0.15, 0.2) is 61.2 Å². The van der Waals surface area contributed by atoms with Gasteiger partial charge in [0.15, 0.2) is 0 Å². The molecule has 1 unspecified atom stereocenters. The Balaban J connectivity index is 1.88. The summed E-state index contributed by atoms with van der Waals surface area (Å²) in [6.07, 6.45) is 5.19. The van der Waals surface area contributed by atoms with Gasteiger partial charge < -0.3 is 14.0 Å². The van der Waals surface area contributed by atoms with Crippen molar-refractivity contribution in [2.45, 2.75) is 6.10 Å². The highest BCUT2D eigenvalue weighted by Crippen LogP contribution is 2.23. The number of imidazole rings is 1. The van der Waals surface area contributed by atoms with Crippen LogP contribution in [-0.4, -0.2) is 28.8 Å². The van der Waals surface area contributed by atoms with E-state index in [1.807, 2.05) is 53.2 Å². The molecule has 2 heterocycles. The van der Waals surface area contributed by atoms with Crippen molar-refractivity contribution < 1.29 is 9.47 Å². The van der Waals surface area contributed by atoms with Crippen molar-refractivity contribution in [3.63, 3.8) is 0 Å². The van der Waals surface area contributed by atoms with Crippen LogP contribution in [0.25, 0.3) is 5.69 Å². The van der Waals surface area contributed by atoms with Gasteiger partial charge in [-0.2, -0.15) is 0 Å². The number of aromatic nitrogens is 3. The van der Waals surface area contributed by atoms with Crippen molar-refractivity contribution in [2.24, 2.45) is 0 Å². The summed E-state index contributed by atoms with van der Waals surface area (Å²) in [6, 6.07) is 13.5. The van der Waals surface area contributed by atoms with E-state index in [1.54, 1.807) is 26.7 Å². The Labute approximate surface area is 129 Å². The Morgan fingerprint density at radius 3 is 2.41 bits per heavy atom. The van der Waals surface area contributed by atoms with Crippen molar-refractivity contribution in [1.29, 1.82) is 0 Å². The number of methoxy groups -OCH3 is 2. The van der Waals surface area contributed by atoms with Crippen LogP contribution in [0.2, 0.25) is 0 Å². The molecule has 3 rings (SSSR count). The second-order valence-corrected chi connectivity index (χ2v) is 4.77. The van der Waals surface area contributed by atoms with Crippen LogP contribution in [-0.2, 0) is 4.74 Å². The van der Waals surface area contributed by atoms with E-state index in [0.29, 0.717) is 0 Å². The molecule has 0 aliphatic rings. The smallest absolute Gasteiger partial charge is 0.142 e. The highest BCUT2D eigenvalue weighted by atomic mass is 16.5. The third-order valence-electron chi connectivity index (χ3n) is 3.43. The van der Waals surface area contributed by atoms with Gasteiger partial charge >= 0.3 is 0 Å². The van der Waals surface area contributed by atoms with Crippen LogP contribution in [0.5, 0.6) is 5.75 Å². The molecule has 0 aliphatic carbocycles. The molecule has 22 heavy (non-hydrogen) atoms. The first-order valence-corrected chi connectivity index (χ1v) is 6.94. The molecular weight excluding hydrogens is 278 g/mol. The van der Waals surface area contributed by atoms with Gasteiger partial charge in [0.1, 0.15) is 11.9 Å². The fraction of sp³-hybridized carbons (Fsp3) is 0.176. The standard InChI is InChI=1S/C17H17N3O2/c1-21-14-8-6-13(7-9-14)20-11-16(19-12-20)17(22-2)15-5-3-4-10-18-15/h3-12,17H,1-2H3. The maximum atomic E-state index is 5.55. The zero-order chi connectivity index (χ0) is 15.4. The maximum absolute atomic E-state index is 5.55. The Morgan fingerprint density at radius 1 is 0.955 bits per heavy atom. The number of nitrogens with zero attached hydrogens (tertiary/aromatic N) is 3. The molecule has 0 radical (unpaired) electrons. The molecule has 3 aromatic rings. The number of hydrogen-bond acceptors (Lipinski definition) is 4. The van der Waals surface area contributed by atoms with E-state index in [9.17, 15) is 0 Å². The highest BCUT2D eigenvalue weighted by molar-refractivity contribution is 5.38. The van der Waals surface area contributed by atoms with Crippen molar-refractivity contribution in [3.05, 3.63) is 72.6 Å². The number of benzene rings is 1. The van der Waals surface area contributed by atoms with Crippen molar-refractivity contribution >= 4 is 0 Å². The molecule has 0 aliphatic heterocycles. The molecule has 0 fully saturated rings. The number of hydrogen-bond donors (Lipinski definition) is 0. The SMILES string of the molecule is COc1ccc(-n2cnc(C(OC)c3ccccn3)c2)cc1. The second-order valence-electron chi connectivity index (χ2n) is 4.77. The first-order chi connectivity index (χ1) is 10.8. The van der Waals surface area contributed by atoms with Gasteiger partial charge in [-0.15, -0.1) is 0 Å².